The Labute approximate surface area is 170 Å². The number of ketones is 1. The minimum atomic E-state index is -3.56. The monoisotopic (exact) mass is 420 g/mol. The third-order valence-corrected chi connectivity index (χ3v) is 7.71. The van der Waals surface area contributed by atoms with Crippen molar-refractivity contribution in [1.29, 1.82) is 0 Å². The Hall–Kier alpha value is -1.74. The van der Waals surface area contributed by atoms with Crippen LogP contribution < -0.4 is 0 Å². The zero-order valence-corrected chi connectivity index (χ0v) is 17.8. The molecule has 0 N–H and O–H groups in total. The van der Waals surface area contributed by atoms with Crippen LogP contribution in [0.3, 0.4) is 0 Å². The van der Waals surface area contributed by atoms with Crippen LogP contribution in [-0.2, 0) is 14.8 Å². The number of sulfonamides is 1. The number of thioether (sulfide) groups is 1. The molecule has 6 nitrogen and oxygen atoms in total. The fourth-order valence-electron chi connectivity index (χ4n) is 2.89. The number of hydrogen-bond donors (Lipinski definition) is 0. The summed E-state index contributed by atoms with van der Waals surface area (Å²) in [6.45, 7) is 7.33. The first-order chi connectivity index (χ1) is 13.3. The molecule has 0 spiro atoms. The number of rotatable bonds is 6. The summed E-state index contributed by atoms with van der Waals surface area (Å²) in [5, 5.41) is 0.293. The van der Waals surface area contributed by atoms with Crippen molar-refractivity contribution >= 4 is 27.6 Å². The van der Waals surface area contributed by atoms with E-state index in [9.17, 15) is 13.2 Å². The van der Waals surface area contributed by atoms with Crippen molar-refractivity contribution in [2.24, 2.45) is 0 Å². The van der Waals surface area contributed by atoms with Crippen LogP contribution in [0.5, 0.6) is 0 Å². The highest BCUT2D eigenvalue weighted by Crippen LogP contribution is 2.26. The molecule has 1 aliphatic rings. The van der Waals surface area contributed by atoms with Gasteiger partial charge in [0.15, 0.2) is 5.78 Å². The molecule has 0 bridgehead atoms. The minimum absolute atomic E-state index is 0.0277. The molecule has 2 heterocycles. The van der Waals surface area contributed by atoms with Crippen LogP contribution >= 0.6 is 11.8 Å². The standard InChI is InChI=1S/C20H24N2O4S2/c1-14-4-5-17(12-15(14)2)20(23)16(3)27-19-7-6-18(13-21-19)28(24,25)22-8-10-26-11-9-22/h4-7,12-13,16H,8-11H2,1-3H3. The van der Waals surface area contributed by atoms with Gasteiger partial charge in [-0.05, 0) is 50.1 Å². The maximum atomic E-state index is 12.7. The Morgan fingerprint density at radius 2 is 1.86 bits per heavy atom. The lowest BCUT2D eigenvalue weighted by atomic mass is 10.0. The van der Waals surface area contributed by atoms with Gasteiger partial charge >= 0.3 is 0 Å². The summed E-state index contributed by atoms with van der Waals surface area (Å²) in [5.41, 5.74) is 2.91. The Morgan fingerprint density at radius 3 is 2.46 bits per heavy atom. The number of ether oxygens (including phenoxy) is 1. The molecule has 0 aliphatic carbocycles. The maximum absolute atomic E-state index is 12.7. The van der Waals surface area contributed by atoms with Gasteiger partial charge in [-0.15, -0.1) is 0 Å². The molecule has 150 valence electrons. The number of Topliss-reactive ketones (excluding diaryl/α,β-unsaturated/α-hetero) is 1. The molecule has 2 aromatic rings. The Balaban J connectivity index is 1.69. The Bertz CT molecular complexity index is 953. The molecular weight excluding hydrogens is 396 g/mol. The molecule has 1 fully saturated rings. The molecular formula is C20H24N2O4S2. The van der Waals surface area contributed by atoms with E-state index in [1.54, 1.807) is 12.1 Å². The van der Waals surface area contributed by atoms with Crippen molar-refractivity contribution in [1.82, 2.24) is 9.29 Å². The lowest BCUT2D eigenvalue weighted by molar-refractivity contribution is 0.0730. The van der Waals surface area contributed by atoms with E-state index < -0.39 is 10.0 Å². The number of aromatic nitrogens is 1. The van der Waals surface area contributed by atoms with Crippen molar-refractivity contribution in [3.63, 3.8) is 0 Å². The van der Waals surface area contributed by atoms with Crippen molar-refractivity contribution in [2.75, 3.05) is 26.3 Å². The summed E-state index contributed by atoms with van der Waals surface area (Å²) in [6, 6.07) is 8.90. The summed E-state index contributed by atoms with van der Waals surface area (Å²) in [7, 11) is -3.56. The third-order valence-electron chi connectivity index (χ3n) is 4.78. The van der Waals surface area contributed by atoms with Crippen molar-refractivity contribution < 1.29 is 17.9 Å². The molecule has 1 unspecified atom stereocenters. The Morgan fingerprint density at radius 1 is 1.14 bits per heavy atom. The van der Waals surface area contributed by atoms with Gasteiger partial charge in [-0.2, -0.15) is 4.31 Å². The second-order valence-electron chi connectivity index (χ2n) is 6.77. The highest BCUT2D eigenvalue weighted by Gasteiger charge is 2.26. The van der Waals surface area contributed by atoms with Crippen LogP contribution in [0.1, 0.15) is 28.4 Å². The highest BCUT2D eigenvalue weighted by molar-refractivity contribution is 8.00. The summed E-state index contributed by atoms with van der Waals surface area (Å²) < 4.78 is 31.9. The lowest BCUT2D eigenvalue weighted by Crippen LogP contribution is -2.40. The van der Waals surface area contributed by atoms with E-state index in [-0.39, 0.29) is 15.9 Å². The van der Waals surface area contributed by atoms with Crippen LogP contribution in [0.4, 0.5) is 0 Å². The number of morpholine rings is 1. The summed E-state index contributed by atoms with van der Waals surface area (Å²) in [4.78, 5) is 17.1. The molecule has 1 aromatic carbocycles. The Kier molecular flexibility index (Phi) is 6.54. The van der Waals surface area contributed by atoms with E-state index in [2.05, 4.69) is 4.98 Å². The van der Waals surface area contributed by atoms with Gasteiger partial charge in [0, 0.05) is 24.8 Å². The predicted octanol–water partition coefficient (Wildman–Crippen LogP) is 3.08. The zero-order valence-electron chi connectivity index (χ0n) is 16.2. The number of nitrogens with zero attached hydrogens (tertiary/aromatic N) is 2. The molecule has 0 amide bonds. The van der Waals surface area contributed by atoms with Crippen LogP contribution in [0.25, 0.3) is 0 Å². The molecule has 1 aromatic heterocycles. The number of benzene rings is 1. The van der Waals surface area contributed by atoms with Gasteiger partial charge in [0.05, 0.1) is 23.5 Å². The second-order valence-corrected chi connectivity index (χ2v) is 10.1. The smallest absolute Gasteiger partial charge is 0.244 e. The molecule has 1 saturated heterocycles. The average molecular weight is 421 g/mol. The largest absolute Gasteiger partial charge is 0.379 e. The van der Waals surface area contributed by atoms with E-state index in [4.69, 9.17) is 4.74 Å². The lowest BCUT2D eigenvalue weighted by Gasteiger charge is -2.25. The van der Waals surface area contributed by atoms with Gasteiger partial charge in [-0.3, -0.25) is 4.79 Å². The van der Waals surface area contributed by atoms with Gasteiger partial charge in [0.25, 0.3) is 0 Å². The van der Waals surface area contributed by atoms with Gasteiger partial charge in [0.1, 0.15) is 4.90 Å². The molecule has 0 saturated carbocycles. The zero-order chi connectivity index (χ0) is 20.3. The molecule has 0 radical (unpaired) electrons. The van der Waals surface area contributed by atoms with E-state index in [1.807, 2.05) is 39.0 Å². The maximum Gasteiger partial charge on any atom is 0.244 e. The molecule has 28 heavy (non-hydrogen) atoms. The summed E-state index contributed by atoms with van der Waals surface area (Å²) >= 11 is 1.32. The van der Waals surface area contributed by atoms with Gasteiger partial charge < -0.3 is 4.74 Å². The first-order valence-electron chi connectivity index (χ1n) is 9.11. The number of hydrogen-bond acceptors (Lipinski definition) is 6. The normalized spacial score (nSPS) is 16.7. The number of aryl methyl sites for hydroxylation is 2. The van der Waals surface area contributed by atoms with Crippen LogP contribution in [-0.4, -0.2) is 55.0 Å². The van der Waals surface area contributed by atoms with Gasteiger partial charge in [-0.25, -0.2) is 13.4 Å². The van der Waals surface area contributed by atoms with Crippen LogP contribution in [0.2, 0.25) is 0 Å². The van der Waals surface area contributed by atoms with E-state index in [0.717, 1.165) is 11.1 Å². The summed E-state index contributed by atoms with van der Waals surface area (Å²) in [5.74, 6) is 0.0277. The van der Waals surface area contributed by atoms with E-state index in [0.29, 0.717) is 36.9 Å². The first kappa shape index (κ1) is 21.0. The van der Waals surface area contributed by atoms with Gasteiger partial charge in [0.2, 0.25) is 10.0 Å². The quantitative estimate of drug-likeness (QED) is 0.528. The van der Waals surface area contributed by atoms with E-state index >= 15 is 0 Å². The molecule has 1 atom stereocenters. The summed E-state index contributed by atoms with van der Waals surface area (Å²) in [6.07, 6.45) is 1.36. The van der Waals surface area contributed by atoms with Crippen molar-refractivity contribution in [3.05, 3.63) is 53.2 Å². The average Bonchev–Trinajstić information content (AvgIpc) is 2.70. The second kappa shape index (κ2) is 8.73. The first-order valence-corrected chi connectivity index (χ1v) is 11.4. The number of carbonyl (C=O) groups excluding carboxylic acids is 1. The van der Waals surface area contributed by atoms with Gasteiger partial charge in [-0.1, -0.05) is 23.9 Å². The SMILES string of the molecule is Cc1ccc(C(=O)C(C)Sc2ccc(S(=O)(=O)N3CCOCC3)cn2)cc1C. The number of pyridine rings is 1. The fraction of sp³-hybridized carbons (Fsp3) is 0.400. The van der Waals surface area contributed by atoms with Crippen molar-refractivity contribution in [3.8, 4) is 0 Å². The molecule has 1 aliphatic heterocycles. The van der Waals surface area contributed by atoms with Crippen LogP contribution in [0, 0.1) is 13.8 Å². The van der Waals surface area contributed by atoms with E-state index in [1.165, 1.54) is 22.3 Å². The molecule has 3 rings (SSSR count). The van der Waals surface area contributed by atoms with Crippen LogP contribution in [0.15, 0.2) is 46.5 Å². The molecule has 8 heteroatoms. The number of carbonyl (C=O) groups is 1. The fourth-order valence-corrected chi connectivity index (χ4v) is 5.11. The minimum Gasteiger partial charge on any atom is -0.379 e. The topological polar surface area (TPSA) is 76.6 Å². The predicted molar refractivity (Wildman–Crippen MR) is 109 cm³/mol. The third kappa shape index (κ3) is 4.63. The highest BCUT2D eigenvalue weighted by atomic mass is 32.2. The van der Waals surface area contributed by atoms with Crippen molar-refractivity contribution in [2.45, 2.75) is 35.9 Å².